The third kappa shape index (κ3) is 3.80. The smallest absolute Gasteiger partial charge is 0.352 e. The van der Waals surface area contributed by atoms with Crippen LogP contribution in [0.3, 0.4) is 0 Å². The van der Waals surface area contributed by atoms with E-state index in [1.165, 1.54) is 23.1 Å². The van der Waals surface area contributed by atoms with Crippen LogP contribution in [0.25, 0.3) is 0 Å². The number of thiophene rings is 1. The van der Waals surface area contributed by atoms with Crippen LogP contribution in [0.15, 0.2) is 28.8 Å². The van der Waals surface area contributed by atoms with E-state index in [0.717, 1.165) is 16.7 Å². The number of carbonyl (C=O) groups excluding carboxylic acids is 4. The number of esters is 1. The molecule has 0 radical (unpaired) electrons. The molecule has 148 valence electrons. The number of aliphatic carboxylic acids is 1. The highest BCUT2D eigenvalue weighted by molar-refractivity contribution is 8.00. The zero-order valence-corrected chi connectivity index (χ0v) is 16.2. The Morgan fingerprint density at radius 1 is 1.46 bits per heavy atom. The van der Waals surface area contributed by atoms with Gasteiger partial charge in [0, 0.05) is 23.1 Å². The minimum atomic E-state index is -1.41. The average molecular weight is 424 g/mol. The summed E-state index contributed by atoms with van der Waals surface area (Å²) in [6, 6.07) is 2.77. The van der Waals surface area contributed by atoms with Crippen molar-refractivity contribution in [2.45, 2.75) is 30.9 Å². The van der Waals surface area contributed by atoms with Crippen molar-refractivity contribution in [2.75, 3.05) is 5.75 Å². The fraction of sp³-hybridized carbons (Fsp3) is 0.353. The van der Waals surface area contributed by atoms with Crippen LogP contribution in [0, 0.1) is 0 Å². The van der Waals surface area contributed by atoms with Crippen molar-refractivity contribution in [1.82, 2.24) is 10.2 Å². The number of thioether (sulfide) groups is 1. The van der Waals surface area contributed by atoms with Crippen LogP contribution in [-0.4, -0.2) is 63.3 Å². The number of fused-ring (bicyclic) bond motifs is 1. The molecule has 0 saturated carbocycles. The van der Waals surface area contributed by atoms with Crippen LogP contribution in [0.1, 0.15) is 11.8 Å². The van der Waals surface area contributed by atoms with Crippen molar-refractivity contribution in [3.63, 3.8) is 0 Å². The number of nitrogens with zero attached hydrogens (tertiary/aromatic N) is 1. The minimum Gasteiger partial charge on any atom is -0.477 e. The molecule has 0 spiro atoms. The van der Waals surface area contributed by atoms with Gasteiger partial charge < -0.3 is 15.2 Å². The Hall–Kier alpha value is -2.66. The van der Waals surface area contributed by atoms with Crippen molar-refractivity contribution in [3.05, 3.63) is 33.7 Å². The maximum Gasteiger partial charge on any atom is 0.352 e. The summed E-state index contributed by atoms with van der Waals surface area (Å²) < 4.78 is 4.86. The fourth-order valence-electron chi connectivity index (χ4n) is 3.02. The van der Waals surface area contributed by atoms with E-state index in [4.69, 9.17) is 4.74 Å². The van der Waals surface area contributed by atoms with Gasteiger partial charge in [0.2, 0.25) is 5.91 Å². The maximum atomic E-state index is 12.5. The largest absolute Gasteiger partial charge is 0.477 e. The predicted molar refractivity (Wildman–Crippen MR) is 99.3 cm³/mol. The first-order valence-corrected chi connectivity index (χ1v) is 10.1. The number of hydrogen-bond donors (Lipinski definition) is 2. The van der Waals surface area contributed by atoms with Crippen molar-refractivity contribution < 1.29 is 33.8 Å². The number of carboxylic acids is 1. The third-order valence-corrected chi connectivity index (χ3v) is 6.37. The van der Waals surface area contributed by atoms with E-state index in [1.54, 1.807) is 6.07 Å². The number of carbonyl (C=O) groups is 5. The molecule has 2 aliphatic heterocycles. The van der Waals surface area contributed by atoms with Crippen LogP contribution in [0.5, 0.6) is 0 Å². The minimum absolute atomic E-state index is 0.0377. The molecule has 1 saturated heterocycles. The maximum absolute atomic E-state index is 12.5. The van der Waals surface area contributed by atoms with E-state index in [9.17, 15) is 29.1 Å². The lowest BCUT2D eigenvalue weighted by molar-refractivity contribution is -0.152. The Morgan fingerprint density at radius 2 is 2.21 bits per heavy atom. The molecule has 9 nitrogen and oxygen atoms in total. The van der Waals surface area contributed by atoms with E-state index in [-0.39, 0.29) is 29.4 Å². The number of rotatable bonds is 7. The second-order valence-electron chi connectivity index (χ2n) is 6.06. The molecular formula is C17H16N2O7S2. The van der Waals surface area contributed by atoms with E-state index in [0.29, 0.717) is 6.29 Å². The molecule has 0 aromatic carbocycles. The van der Waals surface area contributed by atoms with Gasteiger partial charge in [-0.25, -0.2) is 4.79 Å². The molecule has 28 heavy (non-hydrogen) atoms. The molecule has 2 aliphatic rings. The summed E-state index contributed by atoms with van der Waals surface area (Å²) in [5, 5.41) is 13.4. The second kappa shape index (κ2) is 8.15. The lowest BCUT2D eigenvalue weighted by atomic mass is 10.0. The lowest BCUT2D eigenvalue weighted by Crippen LogP contribution is -2.71. The number of aldehydes is 1. The summed E-state index contributed by atoms with van der Waals surface area (Å²) in [5.74, 6) is -2.99. The zero-order chi connectivity index (χ0) is 20.4. The van der Waals surface area contributed by atoms with E-state index in [2.05, 4.69) is 5.32 Å². The molecule has 11 heteroatoms. The first-order valence-electron chi connectivity index (χ1n) is 8.18. The summed E-state index contributed by atoms with van der Waals surface area (Å²) in [4.78, 5) is 60.8. The van der Waals surface area contributed by atoms with E-state index in [1.807, 2.05) is 11.4 Å². The highest BCUT2D eigenvalue weighted by Gasteiger charge is 2.55. The van der Waals surface area contributed by atoms with Crippen LogP contribution in [0.4, 0.5) is 0 Å². The average Bonchev–Trinajstić information content (AvgIpc) is 3.15. The number of hydrogen-bond acceptors (Lipinski definition) is 8. The third-order valence-electron chi connectivity index (χ3n) is 4.19. The lowest BCUT2D eigenvalue weighted by Gasteiger charge is -2.49. The summed E-state index contributed by atoms with van der Waals surface area (Å²) in [6.45, 7) is 1.10. The Labute approximate surface area is 167 Å². The molecule has 1 aromatic rings. The molecule has 2 amide bonds. The van der Waals surface area contributed by atoms with Crippen molar-refractivity contribution in [2.24, 2.45) is 0 Å². The van der Waals surface area contributed by atoms with Gasteiger partial charge in [-0.05, 0) is 11.4 Å². The summed E-state index contributed by atoms with van der Waals surface area (Å²) in [6.07, 6.45) is -0.923. The van der Waals surface area contributed by atoms with Gasteiger partial charge in [-0.1, -0.05) is 6.07 Å². The van der Waals surface area contributed by atoms with Crippen LogP contribution in [-0.2, 0) is 35.1 Å². The number of carboxylic acid groups (broad SMARTS) is 1. The zero-order valence-electron chi connectivity index (χ0n) is 14.6. The van der Waals surface area contributed by atoms with Gasteiger partial charge in [-0.3, -0.25) is 24.1 Å². The molecule has 1 fully saturated rings. The predicted octanol–water partition coefficient (Wildman–Crippen LogP) is 0.160. The highest BCUT2D eigenvalue weighted by atomic mass is 32.2. The molecule has 3 heterocycles. The standard InChI is InChI=1S/C17H16N2O7S2/c1-8(21)26-11(6-20)10-7-28-16-13(15(23)19(16)14(10)17(24)25)18-12(22)5-9-3-2-4-27-9/h2-4,6,11,13,16H,5,7H2,1H3,(H,18,22)(H,24,25)/t11?,13-,16-/m1/s1. The fourth-order valence-corrected chi connectivity index (χ4v) is 5.11. The van der Waals surface area contributed by atoms with Gasteiger partial charge >= 0.3 is 11.9 Å². The number of amides is 2. The van der Waals surface area contributed by atoms with E-state index >= 15 is 0 Å². The first kappa shape index (κ1) is 20.1. The van der Waals surface area contributed by atoms with Gasteiger partial charge in [-0.15, -0.1) is 23.1 Å². The molecule has 2 N–H and O–H groups in total. The van der Waals surface area contributed by atoms with E-state index < -0.39 is 35.4 Å². The number of ether oxygens (including phenoxy) is 1. The Morgan fingerprint density at radius 3 is 2.79 bits per heavy atom. The topological polar surface area (TPSA) is 130 Å². The summed E-state index contributed by atoms with van der Waals surface area (Å²) in [7, 11) is 0. The van der Waals surface area contributed by atoms with Gasteiger partial charge in [0.15, 0.2) is 12.4 Å². The van der Waals surface area contributed by atoms with Crippen LogP contribution >= 0.6 is 23.1 Å². The molecule has 1 aromatic heterocycles. The van der Waals surface area contributed by atoms with Crippen LogP contribution < -0.4 is 5.32 Å². The number of nitrogens with one attached hydrogen (secondary N) is 1. The molecule has 3 atom stereocenters. The van der Waals surface area contributed by atoms with Gasteiger partial charge in [0.25, 0.3) is 5.91 Å². The first-order chi connectivity index (χ1) is 13.3. The highest BCUT2D eigenvalue weighted by Crippen LogP contribution is 2.41. The number of β-lactam (4-membered cyclic amide) rings is 1. The monoisotopic (exact) mass is 424 g/mol. The Bertz CT molecular complexity index is 865. The Balaban J connectivity index is 1.77. The quantitative estimate of drug-likeness (QED) is 0.360. The summed E-state index contributed by atoms with van der Waals surface area (Å²) >= 11 is 2.62. The normalized spacial score (nSPS) is 22.0. The SMILES string of the molecule is CC(=O)OC(C=O)C1=C(C(=O)O)N2C(=O)[C@@H](NC(=O)Cc3cccs3)[C@H]2SC1. The van der Waals surface area contributed by atoms with Crippen molar-refractivity contribution >= 4 is 53.1 Å². The molecule has 0 aliphatic carbocycles. The van der Waals surface area contributed by atoms with Gasteiger partial charge in [0.05, 0.1) is 6.42 Å². The second-order valence-corrected chi connectivity index (χ2v) is 8.19. The van der Waals surface area contributed by atoms with Gasteiger partial charge in [-0.2, -0.15) is 0 Å². The van der Waals surface area contributed by atoms with Crippen molar-refractivity contribution in [3.8, 4) is 0 Å². The van der Waals surface area contributed by atoms with Crippen molar-refractivity contribution in [1.29, 1.82) is 0 Å². The molecule has 3 rings (SSSR count). The molecule has 1 unspecified atom stereocenters. The Kier molecular flexibility index (Phi) is 5.84. The van der Waals surface area contributed by atoms with Gasteiger partial charge in [0.1, 0.15) is 17.1 Å². The summed E-state index contributed by atoms with van der Waals surface area (Å²) in [5.41, 5.74) is -0.341. The molecule has 0 bridgehead atoms. The molecular weight excluding hydrogens is 408 g/mol. The van der Waals surface area contributed by atoms with Crippen LogP contribution in [0.2, 0.25) is 0 Å².